The maximum atomic E-state index is 12.0. The maximum Gasteiger partial charge on any atom is 0.237 e. The van der Waals surface area contributed by atoms with Crippen LogP contribution in [-0.4, -0.2) is 18.0 Å². The van der Waals surface area contributed by atoms with Gasteiger partial charge >= 0.3 is 0 Å². The van der Waals surface area contributed by atoms with Gasteiger partial charge in [0.1, 0.15) is 0 Å². The van der Waals surface area contributed by atoms with Gasteiger partial charge in [0.05, 0.1) is 6.04 Å². The topological polar surface area (TPSA) is 55.1 Å². The van der Waals surface area contributed by atoms with Gasteiger partial charge in [-0.2, -0.15) is 0 Å². The Kier molecular flexibility index (Phi) is 5.18. The van der Waals surface area contributed by atoms with Crippen molar-refractivity contribution in [2.75, 3.05) is 0 Å². The summed E-state index contributed by atoms with van der Waals surface area (Å²) in [6.45, 7) is 3.97. The number of amides is 1. The molecule has 1 unspecified atom stereocenters. The quantitative estimate of drug-likeness (QED) is 0.887. The fourth-order valence-electron chi connectivity index (χ4n) is 2.90. The second kappa shape index (κ2) is 6.89. The van der Waals surface area contributed by atoms with Gasteiger partial charge in [0.25, 0.3) is 0 Å². The van der Waals surface area contributed by atoms with Crippen molar-refractivity contribution in [2.45, 2.75) is 57.5 Å². The normalized spacial score (nSPS) is 24.4. The highest BCUT2D eigenvalue weighted by molar-refractivity contribution is 5.82. The minimum absolute atomic E-state index is 0.00293. The minimum atomic E-state index is -0.387. The number of nitrogens with one attached hydrogen (secondary N) is 1. The third-order valence-corrected chi connectivity index (χ3v) is 4.37. The molecule has 110 valence electrons. The smallest absolute Gasteiger partial charge is 0.237 e. The fourth-order valence-corrected chi connectivity index (χ4v) is 2.90. The summed E-state index contributed by atoms with van der Waals surface area (Å²) in [5, 5.41) is 3.11. The molecule has 1 aliphatic rings. The summed E-state index contributed by atoms with van der Waals surface area (Å²) in [7, 11) is 0. The van der Waals surface area contributed by atoms with E-state index < -0.39 is 0 Å². The molecule has 3 heteroatoms. The second-order valence-electron chi connectivity index (χ2n) is 6.24. The lowest BCUT2D eigenvalue weighted by molar-refractivity contribution is -0.124. The van der Waals surface area contributed by atoms with Crippen LogP contribution in [0, 0.1) is 5.92 Å². The third kappa shape index (κ3) is 3.83. The standard InChI is InChI=1S/C17H26N2O/c1-12(2)16(18)17(20)19-15-10-8-14(9-11-15)13-6-4-3-5-7-13/h3-7,12,14-16H,8-11,18H2,1-2H3,(H,19,20). The lowest BCUT2D eigenvalue weighted by Gasteiger charge is -2.30. The molecule has 0 radical (unpaired) electrons. The summed E-state index contributed by atoms with van der Waals surface area (Å²) < 4.78 is 0. The molecular weight excluding hydrogens is 248 g/mol. The Morgan fingerprint density at radius 3 is 2.30 bits per heavy atom. The van der Waals surface area contributed by atoms with Gasteiger partial charge < -0.3 is 11.1 Å². The Balaban J connectivity index is 1.81. The van der Waals surface area contributed by atoms with Crippen molar-refractivity contribution < 1.29 is 4.79 Å². The van der Waals surface area contributed by atoms with Gasteiger partial charge in [-0.1, -0.05) is 44.2 Å². The van der Waals surface area contributed by atoms with Crippen LogP contribution in [0.25, 0.3) is 0 Å². The highest BCUT2D eigenvalue weighted by Gasteiger charge is 2.25. The van der Waals surface area contributed by atoms with Crippen molar-refractivity contribution >= 4 is 5.91 Å². The number of nitrogens with two attached hydrogens (primary N) is 1. The first kappa shape index (κ1) is 15.0. The van der Waals surface area contributed by atoms with Crippen molar-refractivity contribution in [3.8, 4) is 0 Å². The fraction of sp³-hybridized carbons (Fsp3) is 0.588. The van der Waals surface area contributed by atoms with Crippen LogP contribution in [0.1, 0.15) is 51.0 Å². The van der Waals surface area contributed by atoms with E-state index in [1.54, 1.807) is 0 Å². The molecule has 0 aromatic heterocycles. The molecule has 1 aromatic carbocycles. The molecule has 1 aromatic rings. The van der Waals surface area contributed by atoms with Crippen molar-refractivity contribution in [2.24, 2.45) is 11.7 Å². The van der Waals surface area contributed by atoms with Gasteiger partial charge in [0.15, 0.2) is 0 Å². The lowest BCUT2D eigenvalue weighted by Crippen LogP contribution is -2.48. The van der Waals surface area contributed by atoms with E-state index in [0.717, 1.165) is 25.7 Å². The van der Waals surface area contributed by atoms with Gasteiger partial charge in [-0.25, -0.2) is 0 Å². The van der Waals surface area contributed by atoms with Crippen LogP contribution in [0.2, 0.25) is 0 Å². The zero-order valence-corrected chi connectivity index (χ0v) is 12.5. The van der Waals surface area contributed by atoms with Crippen LogP contribution < -0.4 is 11.1 Å². The summed E-state index contributed by atoms with van der Waals surface area (Å²) in [5.74, 6) is 0.835. The van der Waals surface area contributed by atoms with E-state index in [9.17, 15) is 4.79 Å². The zero-order chi connectivity index (χ0) is 14.5. The van der Waals surface area contributed by atoms with E-state index in [1.807, 2.05) is 13.8 Å². The highest BCUT2D eigenvalue weighted by atomic mass is 16.2. The molecule has 3 nitrogen and oxygen atoms in total. The van der Waals surface area contributed by atoms with Crippen LogP contribution in [-0.2, 0) is 4.79 Å². The first-order valence-electron chi connectivity index (χ1n) is 7.69. The molecule has 2 rings (SSSR count). The van der Waals surface area contributed by atoms with Crippen molar-refractivity contribution in [3.05, 3.63) is 35.9 Å². The zero-order valence-electron chi connectivity index (χ0n) is 12.5. The van der Waals surface area contributed by atoms with E-state index in [4.69, 9.17) is 5.73 Å². The van der Waals surface area contributed by atoms with Gasteiger partial charge in [0, 0.05) is 6.04 Å². The van der Waals surface area contributed by atoms with E-state index in [1.165, 1.54) is 5.56 Å². The largest absolute Gasteiger partial charge is 0.352 e. The molecule has 0 saturated heterocycles. The molecule has 1 aliphatic carbocycles. The average molecular weight is 274 g/mol. The summed E-state index contributed by atoms with van der Waals surface area (Å²) in [6, 6.07) is 10.6. The van der Waals surface area contributed by atoms with Crippen molar-refractivity contribution in [1.82, 2.24) is 5.32 Å². The van der Waals surface area contributed by atoms with Crippen molar-refractivity contribution in [1.29, 1.82) is 0 Å². The Bertz CT molecular complexity index is 422. The molecule has 0 spiro atoms. The Hall–Kier alpha value is -1.35. The van der Waals surface area contributed by atoms with Crippen molar-refractivity contribution in [3.63, 3.8) is 0 Å². The summed E-state index contributed by atoms with van der Waals surface area (Å²) in [5.41, 5.74) is 7.31. The predicted octanol–water partition coefficient (Wildman–Crippen LogP) is 2.81. The van der Waals surface area contributed by atoms with Gasteiger partial charge in [-0.05, 0) is 43.1 Å². The van der Waals surface area contributed by atoms with E-state index in [2.05, 4.69) is 35.6 Å². The third-order valence-electron chi connectivity index (χ3n) is 4.37. The van der Waals surface area contributed by atoms with Gasteiger partial charge in [-0.3, -0.25) is 4.79 Å². The molecule has 0 aliphatic heterocycles. The van der Waals surface area contributed by atoms with E-state index in [0.29, 0.717) is 12.0 Å². The number of hydrogen-bond donors (Lipinski definition) is 2. The lowest BCUT2D eigenvalue weighted by atomic mass is 9.81. The number of carbonyl (C=O) groups is 1. The second-order valence-corrected chi connectivity index (χ2v) is 6.24. The molecule has 0 bridgehead atoms. The van der Waals surface area contributed by atoms with E-state index in [-0.39, 0.29) is 17.9 Å². The van der Waals surface area contributed by atoms with Gasteiger partial charge in [-0.15, -0.1) is 0 Å². The highest BCUT2D eigenvalue weighted by Crippen LogP contribution is 2.32. The summed E-state index contributed by atoms with van der Waals surface area (Å²) >= 11 is 0. The van der Waals surface area contributed by atoms with Crippen LogP contribution in [0.15, 0.2) is 30.3 Å². The minimum Gasteiger partial charge on any atom is -0.352 e. The number of carbonyl (C=O) groups excluding carboxylic acids is 1. The summed E-state index contributed by atoms with van der Waals surface area (Å²) in [6.07, 6.45) is 4.39. The molecule has 0 heterocycles. The van der Waals surface area contributed by atoms with Crippen LogP contribution in [0.3, 0.4) is 0 Å². The molecule has 1 atom stereocenters. The molecule has 1 amide bonds. The average Bonchev–Trinajstić information content (AvgIpc) is 2.48. The first-order valence-corrected chi connectivity index (χ1v) is 7.69. The van der Waals surface area contributed by atoms with Crippen LogP contribution in [0.4, 0.5) is 0 Å². The van der Waals surface area contributed by atoms with Crippen LogP contribution in [0.5, 0.6) is 0 Å². The van der Waals surface area contributed by atoms with E-state index >= 15 is 0 Å². The molecule has 1 saturated carbocycles. The number of rotatable bonds is 4. The Morgan fingerprint density at radius 1 is 1.15 bits per heavy atom. The number of hydrogen-bond acceptors (Lipinski definition) is 2. The molecule has 3 N–H and O–H groups in total. The van der Waals surface area contributed by atoms with Gasteiger partial charge in [0.2, 0.25) is 5.91 Å². The predicted molar refractivity (Wildman–Crippen MR) is 82.4 cm³/mol. The maximum absolute atomic E-state index is 12.0. The number of benzene rings is 1. The van der Waals surface area contributed by atoms with Crippen LogP contribution >= 0.6 is 0 Å². The Morgan fingerprint density at radius 2 is 1.75 bits per heavy atom. The summed E-state index contributed by atoms with van der Waals surface area (Å²) in [4.78, 5) is 12.0. The first-order chi connectivity index (χ1) is 9.58. The molecule has 20 heavy (non-hydrogen) atoms. The monoisotopic (exact) mass is 274 g/mol. The Labute approximate surface area is 121 Å². The SMILES string of the molecule is CC(C)C(N)C(=O)NC1CCC(c2ccccc2)CC1. The molecule has 1 fully saturated rings. The molecular formula is C17H26N2O.